The van der Waals surface area contributed by atoms with Crippen molar-refractivity contribution in [3.63, 3.8) is 0 Å². The minimum absolute atomic E-state index is 0.0136. The second-order valence-electron chi connectivity index (χ2n) is 5.80. The van der Waals surface area contributed by atoms with Gasteiger partial charge in [0.15, 0.2) is 6.61 Å². The number of nitrogens with zero attached hydrogens (tertiary/aromatic N) is 2. The Kier molecular flexibility index (Phi) is 6.11. The van der Waals surface area contributed by atoms with Crippen molar-refractivity contribution in [1.29, 1.82) is 0 Å². The molecular weight excluding hydrogens is 367 g/mol. The zero-order valence-electron chi connectivity index (χ0n) is 15.1. The monoisotopic (exact) mass is 384 g/mol. The standard InChI is InChI=1S/C20H17FN2O5/c1-26-17-8-7-14(21)11-15(17)16(24)12-27-19(25)10-9-18-22-23-20(28-18)13-5-3-2-4-6-13/h2-8,11H,9-10,12H2,1H3. The summed E-state index contributed by atoms with van der Waals surface area (Å²) in [6.07, 6.45) is 0.139. The first-order valence-corrected chi connectivity index (χ1v) is 8.47. The molecule has 0 aliphatic carbocycles. The van der Waals surface area contributed by atoms with E-state index in [1.165, 1.54) is 19.2 Å². The van der Waals surface area contributed by atoms with Gasteiger partial charge in [0.2, 0.25) is 17.6 Å². The second kappa shape index (κ2) is 8.90. The highest BCUT2D eigenvalue weighted by Crippen LogP contribution is 2.20. The molecule has 2 aromatic carbocycles. The molecule has 3 aromatic rings. The summed E-state index contributed by atoms with van der Waals surface area (Å²) in [5.74, 6) is -0.897. The van der Waals surface area contributed by atoms with Crippen molar-refractivity contribution in [1.82, 2.24) is 10.2 Å². The van der Waals surface area contributed by atoms with E-state index in [9.17, 15) is 14.0 Å². The Bertz CT molecular complexity index is 972. The Morgan fingerprint density at radius 3 is 2.64 bits per heavy atom. The molecule has 0 spiro atoms. The summed E-state index contributed by atoms with van der Waals surface area (Å²) in [4.78, 5) is 24.0. The lowest BCUT2D eigenvalue weighted by atomic mass is 10.1. The Balaban J connectivity index is 1.51. The molecule has 0 saturated carbocycles. The summed E-state index contributed by atoms with van der Waals surface area (Å²) in [6.45, 7) is -0.516. The van der Waals surface area contributed by atoms with Gasteiger partial charge in [-0.2, -0.15) is 0 Å². The number of hydrogen-bond donors (Lipinski definition) is 0. The summed E-state index contributed by atoms with van der Waals surface area (Å²) in [6, 6.07) is 12.8. The van der Waals surface area contributed by atoms with Crippen molar-refractivity contribution in [3.05, 3.63) is 65.8 Å². The Morgan fingerprint density at radius 2 is 1.89 bits per heavy atom. The quantitative estimate of drug-likeness (QED) is 0.435. The number of hydrogen-bond acceptors (Lipinski definition) is 7. The Labute approximate surface area is 160 Å². The SMILES string of the molecule is COc1ccc(F)cc1C(=O)COC(=O)CCc1nnc(-c2ccccc2)o1. The first kappa shape index (κ1) is 19.2. The van der Waals surface area contributed by atoms with Crippen LogP contribution in [0.15, 0.2) is 52.9 Å². The molecule has 0 saturated heterocycles. The van der Waals surface area contributed by atoms with Crippen molar-refractivity contribution in [2.45, 2.75) is 12.8 Å². The van der Waals surface area contributed by atoms with Crippen LogP contribution in [-0.4, -0.2) is 35.7 Å². The zero-order valence-corrected chi connectivity index (χ0v) is 15.1. The highest BCUT2D eigenvalue weighted by atomic mass is 19.1. The van der Waals surface area contributed by atoms with Crippen LogP contribution in [-0.2, 0) is 16.0 Å². The summed E-state index contributed by atoms with van der Waals surface area (Å²) < 4.78 is 28.8. The minimum Gasteiger partial charge on any atom is -0.496 e. The number of aryl methyl sites for hydroxylation is 1. The van der Waals surface area contributed by atoms with E-state index in [2.05, 4.69) is 10.2 Å². The molecule has 144 valence electrons. The zero-order chi connectivity index (χ0) is 19.9. The van der Waals surface area contributed by atoms with Gasteiger partial charge in [-0.3, -0.25) is 9.59 Å². The van der Waals surface area contributed by atoms with Crippen LogP contribution in [0, 0.1) is 5.82 Å². The molecule has 28 heavy (non-hydrogen) atoms. The number of benzene rings is 2. The summed E-state index contributed by atoms with van der Waals surface area (Å²) in [5.41, 5.74) is 0.790. The van der Waals surface area contributed by atoms with Gasteiger partial charge in [-0.05, 0) is 30.3 Å². The molecule has 1 aromatic heterocycles. The molecule has 0 fully saturated rings. The molecule has 0 bridgehead atoms. The van der Waals surface area contributed by atoms with Gasteiger partial charge in [0.05, 0.1) is 19.1 Å². The van der Waals surface area contributed by atoms with E-state index in [1.807, 2.05) is 30.3 Å². The third-order valence-corrected chi connectivity index (χ3v) is 3.86. The van der Waals surface area contributed by atoms with Gasteiger partial charge in [-0.15, -0.1) is 10.2 Å². The van der Waals surface area contributed by atoms with Crippen LogP contribution in [0.2, 0.25) is 0 Å². The number of esters is 1. The molecule has 0 aliphatic heterocycles. The molecule has 0 unspecified atom stereocenters. The van der Waals surface area contributed by atoms with Crippen LogP contribution in [0.4, 0.5) is 4.39 Å². The third kappa shape index (κ3) is 4.79. The normalized spacial score (nSPS) is 10.5. The first-order valence-electron chi connectivity index (χ1n) is 8.47. The Morgan fingerprint density at radius 1 is 1.11 bits per heavy atom. The number of ether oxygens (including phenoxy) is 2. The molecule has 1 heterocycles. The van der Waals surface area contributed by atoms with E-state index in [1.54, 1.807) is 0 Å². The second-order valence-corrected chi connectivity index (χ2v) is 5.80. The van der Waals surface area contributed by atoms with Crippen molar-refractivity contribution >= 4 is 11.8 Å². The van der Waals surface area contributed by atoms with E-state index in [4.69, 9.17) is 13.9 Å². The lowest BCUT2D eigenvalue weighted by Gasteiger charge is -2.08. The van der Waals surface area contributed by atoms with Crippen LogP contribution >= 0.6 is 0 Å². The molecule has 7 nitrogen and oxygen atoms in total. The summed E-state index contributed by atoms with van der Waals surface area (Å²) in [5, 5.41) is 7.82. The van der Waals surface area contributed by atoms with E-state index in [0.29, 0.717) is 5.89 Å². The van der Waals surface area contributed by atoms with Crippen LogP contribution in [0.1, 0.15) is 22.7 Å². The number of halogens is 1. The number of Topliss-reactive ketones (excluding diaryl/α,β-unsaturated/α-hetero) is 1. The van der Waals surface area contributed by atoms with E-state index < -0.39 is 24.2 Å². The average molecular weight is 384 g/mol. The highest BCUT2D eigenvalue weighted by molar-refractivity contribution is 6.00. The fourth-order valence-electron chi connectivity index (χ4n) is 2.46. The summed E-state index contributed by atoms with van der Waals surface area (Å²) in [7, 11) is 1.37. The molecule has 0 radical (unpaired) electrons. The van der Waals surface area contributed by atoms with Crippen LogP contribution in [0.5, 0.6) is 5.75 Å². The largest absolute Gasteiger partial charge is 0.496 e. The minimum atomic E-state index is -0.608. The van der Waals surface area contributed by atoms with Gasteiger partial charge in [-0.1, -0.05) is 18.2 Å². The number of aromatic nitrogens is 2. The number of rotatable bonds is 8. The molecule has 0 N–H and O–H groups in total. The summed E-state index contributed by atoms with van der Waals surface area (Å²) >= 11 is 0. The predicted octanol–water partition coefficient (Wildman–Crippen LogP) is 3.24. The van der Waals surface area contributed by atoms with Crippen molar-refractivity contribution in [3.8, 4) is 17.2 Å². The predicted molar refractivity (Wildman–Crippen MR) is 96.3 cm³/mol. The first-order chi connectivity index (χ1) is 13.6. The number of carbonyl (C=O) groups excluding carboxylic acids is 2. The van der Waals surface area contributed by atoms with Gasteiger partial charge in [0.1, 0.15) is 11.6 Å². The molecule has 0 aliphatic rings. The lowest BCUT2D eigenvalue weighted by molar-refractivity contribution is -0.142. The van der Waals surface area contributed by atoms with Gasteiger partial charge in [-0.25, -0.2) is 4.39 Å². The third-order valence-electron chi connectivity index (χ3n) is 3.86. The van der Waals surface area contributed by atoms with E-state index >= 15 is 0 Å². The van der Waals surface area contributed by atoms with E-state index in [-0.39, 0.29) is 30.0 Å². The van der Waals surface area contributed by atoms with Gasteiger partial charge >= 0.3 is 5.97 Å². The maximum absolute atomic E-state index is 13.3. The van der Waals surface area contributed by atoms with E-state index in [0.717, 1.165) is 11.6 Å². The van der Waals surface area contributed by atoms with Crippen LogP contribution in [0.3, 0.4) is 0 Å². The van der Waals surface area contributed by atoms with Gasteiger partial charge < -0.3 is 13.9 Å². The Hall–Kier alpha value is -3.55. The number of ketones is 1. The van der Waals surface area contributed by atoms with Gasteiger partial charge in [0, 0.05) is 12.0 Å². The van der Waals surface area contributed by atoms with Crippen molar-refractivity contribution < 1.29 is 27.9 Å². The van der Waals surface area contributed by atoms with Crippen LogP contribution in [0.25, 0.3) is 11.5 Å². The number of carbonyl (C=O) groups is 2. The van der Waals surface area contributed by atoms with Gasteiger partial charge in [0.25, 0.3) is 0 Å². The number of methoxy groups -OCH3 is 1. The fraction of sp³-hybridized carbons (Fsp3) is 0.200. The van der Waals surface area contributed by atoms with Crippen LogP contribution < -0.4 is 4.74 Å². The molecule has 3 rings (SSSR count). The molecule has 0 atom stereocenters. The maximum atomic E-state index is 13.3. The maximum Gasteiger partial charge on any atom is 0.306 e. The molecule has 0 amide bonds. The van der Waals surface area contributed by atoms with Crippen molar-refractivity contribution in [2.24, 2.45) is 0 Å². The molecule has 8 heteroatoms. The lowest BCUT2D eigenvalue weighted by Crippen LogP contribution is -2.15. The average Bonchev–Trinajstić information content (AvgIpc) is 3.20. The highest BCUT2D eigenvalue weighted by Gasteiger charge is 2.16. The smallest absolute Gasteiger partial charge is 0.306 e. The fourth-order valence-corrected chi connectivity index (χ4v) is 2.46. The topological polar surface area (TPSA) is 91.5 Å². The van der Waals surface area contributed by atoms with Crippen molar-refractivity contribution in [2.75, 3.05) is 13.7 Å². The molecular formula is C20H17FN2O5.